The van der Waals surface area contributed by atoms with Crippen LogP contribution in [0.4, 0.5) is 0 Å². The van der Waals surface area contributed by atoms with E-state index in [1.165, 1.54) is 24.3 Å². The molecule has 0 aliphatic rings. The summed E-state index contributed by atoms with van der Waals surface area (Å²) >= 11 is 0. The van der Waals surface area contributed by atoms with E-state index < -0.39 is 66.9 Å². The van der Waals surface area contributed by atoms with Crippen LogP contribution in [0.2, 0.25) is 0 Å². The number of hydrogen-bond donors (Lipinski definition) is 2. The van der Waals surface area contributed by atoms with Crippen molar-refractivity contribution < 1.29 is 63.7 Å². The van der Waals surface area contributed by atoms with Crippen LogP contribution in [0.5, 0.6) is 0 Å². The van der Waals surface area contributed by atoms with Crippen LogP contribution >= 0.6 is 0 Å². The first-order valence-electron chi connectivity index (χ1n) is 7.65. The molecule has 17 heteroatoms. The Morgan fingerprint density at radius 2 is 0.848 bits per heavy atom. The van der Waals surface area contributed by atoms with Crippen LogP contribution < -0.4 is 10.2 Å². The number of hydrogen-bond acceptors (Lipinski definition) is 12. The molecule has 0 aliphatic heterocycles. The van der Waals surface area contributed by atoms with Crippen molar-refractivity contribution in [2.75, 3.05) is 0 Å². The maximum atomic E-state index is 11.1. The summed E-state index contributed by atoms with van der Waals surface area (Å²) in [4.78, 5) is 43.4. The van der Waals surface area contributed by atoms with Crippen molar-refractivity contribution in [3.05, 3.63) is 70.8 Å². The summed E-state index contributed by atoms with van der Waals surface area (Å²) in [5.41, 5.74) is -2.12. The van der Waals surface area contributed by atoms with Crippen molar-refractivity contribution >= 4 is 67.7 Å². The minimum atomic E-state index is -4.98. The maximum Gasteiger partial charge on any atom is 2.00 e. The number of rotatable bonds is 6. The number of aromatic carboxylic acids is 2. The standard InChI is InChI=1S/2C8H6O7S.Mg/c2*9-7(10)5-3-1-2-4-6(5)8(11)15-16(12,13)14;/h2*1-4H,(H,9,10)(H,12,13,14);/q;;+2/p-2. The third kappa shape index (κ3) is 10.4. The Hall–Kier alpha value is -3.09. The zero-order valence-electron chi connectivity index (χ0n) is 15.9. The summed E-state index contributed by atoms with van der Waals surface area (Å²) in [5, 5.41) is 21.1. The number of carbonyl (C=O) groups is 4. The fourth-order valence-corrected chi connectivity index (χ4v) is 2.52. The molecular formula is C16H10MgO14S2. The van der Waals surface area contributed by atoms with Crippen LogP contribution in [0.1, 0.15) is 41.4 Å². The predicted molar refractivity (Wildman–Crippen MR) is 101 cm³/mol. The van der Waals surface area contributed by atoms with E-state index in [1.807, 2.05) is 0 Å². The van der Waals surface area contributed by atoms with Crippen LogP contribution in [0.25, 0.3) is 0 Å². The molecule has 0 radical (unpaired) electrons. The molecule has 0 atom stereocenters. The van der Waals surface area contributed by atoms with E-state index in [0.717, 1.165) is 24.3 Å². The number of benzene rings is 2. The smallest absolute Gasteiger partial charge is 0.545 e. The Morgan fingerprint density at radius 3 is 1.06 bits per heavy atom. The Bertz CT molecular complexity index is 1170. The number of carboxylic acids is 2. The van der Waals surface area contributed by atoms with Gasteiger partial charge in [0.2, 0.25) is 0 Å². The molecule has 0 spiro atoms. The first-order valence-corrected chi connectivity index (χ1v) is 10.4. The average Bonchev–Trinajstić information content (AvgIpc) is 2.65. The van der Waals surface area contributed by atoms with E-state index in [9.17, 15) is 46.2 Å². The van der Waals surface area contributed by atoms with Gasteiger partial charge in [0.15, 0.2) is 0 Å². The van der Waals surface area contributed by atoms with Crippen LogP contribution in [0.15, 0.2) is 48.5 Å². The van der Waals surface area contributed by atoms with Crippen LogP contribution in [-0.2, 0) is 29.2 Å². The summed E-state index contributed by atoms with van der Waals surface area (Å²) < 4.78 is 64.7. The molecule has 0 amide bonds. The summed E-state index contributed by atoms with van der Waals surface area (Å²) in [5.74, 6) is -6.32. The van der Waals surface area contributed by atoms with E-state index in [2.05, 4.69) is 8.37 Å². The van der Waals surface area contributed by atoms with Gasteiger partial charge in [0.25, 0.3) is 0 Å². The molecule has 0 heterocycles. The average molecular weight is 515 g/mol. The quantitative estimate of drug-likeness (QED) is 0.302. The molecule has 0 aliphatic carbocycles. The molecule has 2 rings (SSSR count). The second kappa shape index (κ2) is 12.2. The number of carbonyl (C=O) groups excluding carboxylic acids is 4. The Kier molecular flexibility index (Phi) is 11.1. The molecule has 0 fully saturated rings. The Labute approximate surface area is 201 Å². The summed E-state index contributed by atoms with van der Waals surface area (Å²) in [6.45, 7) is 0. The first kappa shape index (κ1) is 29.9. The third-order valence-corrected chi connectivity index (χ3v) is 3.82. The molecule has 14 nitrogen and oxygen atoms in total. The Morgan fingerprint density at radius 1 is 0.606 bits per heavy atom. The molecule has 0 bridgehead atoms. The molecule has 0 saturated carbocycles. The van der Waals surface area contributed by atoms with Crippen LogP contribution in [0, 0.1) is 0 Å². The van der Waals surface area contributed by atoms with Gasteiger partial charge in [0.1, 0.15) is 0 Å². The summed E-state index contributed by atoms with van der Waals surface area (Å²) in [6, 6.07) is 9.36. The van der Waals surface area contributed by atoms with Gasteiger partial charge in [0, 0.05) is 11.1 Å². The van der Waals surface area contributed by atoms with Crippen molar-refractivity contribution in [3.8, 4) is 0 Å². The summed E-state index contributed by atoms with van der Waals surface area (Å²) in [6.07, 6.45) is 0. The van der Waals surface area contributed by atoms with E-state index in [1.54, 1.807) is 0 Å². The fourth-order valence-electron chi connectivity index (χ4n) is 1.96. The minimum absolute atomic E-state index is 0. The molecule has 0 unspecified atom stereocenters. The molecule has 2 N–H and O–H groups in total. The van der Waals surface area contributed by atoms with Crippen LogP contribution in [0.3, 0.4) is 0 Å². The maximum absolute atomic E-state index is 11.1. The van der Waals surface area contributed by atoms with Crippen molar-refractivity contribution in [2.45, 2.75) is 0 Å². The molecule has 0 saturated heterocycles. The topological polar surface area (TPSA) is 242 Å². The monoisotopic (exact) mass is 514 g/mol. The van der Waals surface area contributed by atoms with Gasteiger partial charge in [-0.25, -0.2) is 9.59 Å². The van der Waals surface area contributed by atoms with Gasteiger partial charge < -0.3 is 28.2 Å². The zero-order valence-corrected chi connectivity index (χ0v) is 19.0. The molecular weight excluding hydrogens is 505 g/mol. The largest absolute Gasteiger partial charge is 2.00 e. The van der Waals surface area contributed by atoms with Gasteiger partial charge in [0.05, 0.1) is 23.1 Å². The van der Waals surface area contributed by atoms with Crippen molar-refractivity contribution in [1.29, 1.82) is 0 Å². The van der Waals surface area contributed by atoms with Gasteiger partial charge in [-0.05, 0) is 12.1 Å². The van der Waals surface area contributed by atoms with Gasteiger partial charge in [-0.3, -0.25) is 9.11 Å². The summed E-state index contributed by atoms with van der Waals surface area (Å²) in [7, 11) is -9.95. The molecule has 0 aromatic heterocycles. The molecule has 2 aromatic rings. The van der Waals surface area contributed by atoms with E-state index >= 15 is 0 Å². The first-order chi connectivity index (χ1) is 14.6. The second-order valence-corrected chi connectivity index (χ2v) is 7.31. The normalized spacial score (nSPS) is 10.5. The van der Waals surface area contributed by atoms with Gasteiger partial charge in [-0.1, -0.05) is 36.4 Å². The SMILES string of the molecule is O=C([O-])c1ccccc1C(=O)OS(=O)(=O)O.O=C([O-])c1ccccc1C(=O)OS(=O)(=O)O.[Mg+2]. The van der Waals surface area contributed by atoms with Crippen molar-refractivity contribution in [3.63, 3.8) is 0 Å². The van der Waals surface area contributed by atoms with Crippen LogP contribution in [-0.4, -0.2) is 72.9 Å². The van der Waals surface area contributed by atoms with E-state index in [0.29, 0.717) is 0 Å². The minimum Gasteiger partial charge on any atom is -0.545 e. The second-order valence-electron chi connectivity index (χ2n) is 5.26. The fraction of sp³-hybridized carbons (Fsp3) is 0. The third-order valence-electron chi connectivity index (χ3n) is 3.10. The molecule has 33 heavy (non-hydrogen) atoms. The van der Waals surface area contributed by atoms with Gasteiger partial charge in [-0.2, -0.15) is 16.8 Å². The van der Waals surface area contributed by atoms with Gasteiger partial charge >= 0.3 is 55.8 Å². The molecule has 172 valence electrons. The molecule has 2 aromatic carbocycles. The Balaban J connectivity index is 0.000000602. The van der Waals surface area contributed by atoms with Crippen molar-refractivity contribution in [1.82, 2.24) is 0 Å². The van der Waals surface area contributed by atoms with Gasteiger partial charge in [-0.15, -0.1) is 0 Å². The zero-order chi connectivity index (χ0) is 24.7. The van der Waals surface area contributed by atoms with E-state index in [-0.39, 0.29) is 23.1 Å². The number of carboxylic acid groups (broad SMARTS) is 2. The van der Waals surface area contributed by atoms with E-state index in [4.69, 9.17) is 9.11 Å². The van der Waals surface area contributed by atoms with Crippen molar-refractivity contribution in [2.24, 2.45) is 0 Å². The predicted octanol–water partition coefficient (Wildman–Crippen LogP) is -2.36.